The summed E-state index contributed by atoms with van der Waals surface area (Å²) in [5.41, 5.74) is 3.73. The van der Waals surface area contributed by atoms with Crippen molar-refractivity contribution in [3.8, 4) is 0 Å². The van der Waals surface area contributed by atoms with E-state index in [1.807, 2.05) is 36.4 Å². The van der Waals surface area contributed by atoms with E-state index in [2.05, 4.69) is 21.3 Å². The highest BCUT2D eigenvalue weighted by atomic mass is 16.2. The maximum Gasteiger partial charge on any atom is 0.255 e. The van der Waals surface area contributed by atoms with Crippen LogP contribution >= 0.6 is 0 Å². The van der Waals surface area contributed by atoms with Gasteiger partial charge in [0.25, 0.3) is 11.8 Å². The summed E-state index contributed by atoms with van der Waals surface area (Å²) in [6.07, 6.45) is 2.50. The van der Waals surface area contributed by atoms with Gasteiger partial charge in [0.1, 0.15) is 0 Å². The zero-order chi connectivity index (χ0) is 29.3. The SMILES string of the molecule is O=C(Nc1ccc(NC(=O)C2CCC(C(=O)Nc3ccc(NC(=O)c4ccccc4)cc3)CC2)cc1)c1ccccc1. The van der Waals surface area contributed by atoms with Gasteiger partial charge in [-0.1, -0.05) is 36.4 Å². The van der Waals surface area contributed by atoms with Crippen LogP contribution in [0.5, 0.6) is 0 Å². The van der Waals surface area contributed by atoms with Crippen LogP contribution in [-0.4, -0.2) is 23.6 Å². The van der Waals surface area contributed by atoms with E-state index in [1.165, 1.54) is 0 Å². The van der Waals surface area contributed by atoms with Gasteiger partial charge in [-0.25, -0.2) is 0 Å². The lowest BCUT2D eigenvalue weighted by Gasteiger charge is -2.27. The smallest absolute Gasteiger partial charge is 0.255 e. The van der Waals surface area contributed by atoms with E-state index in [0.717, 1.165) is 0 Å². The van der Waals surface area contributed by atoms with Gasteiger partial charge in [-0.05, 0) is 98.5 Å². The fraction of sp³-hybridized carbons (Fsp3) is 0.176. The van der Waals surface area contributed by atoms with Crippen molar-refractivity contribution < 1.29 is 19.2 Å². The van der Waals surface area contributed by atoms with Gasteiger partial charge in [0.15, 0.2) is 0 Å². The summed E-state index contributed by atoms with van der Waals surface area (Å²) in [7, 11) is 0. The number of benzene rings is 4. The van der Waals surface area contributed by atoms with Crippen molar-refractivity contribution >= 4 is 46.4 Å². The van der Waals surface area contributed by atoms with Gasteiger partial charge in [-0.2, -0.15) is 0 Å². The number of carbonyl (C=O) groups excluding carboxylic acids is 4. The Morgan fingerprint density at radius 2 is 0.690 bits per heavy atom. The van der Waals surface area contributed by atoms with Crippen LogP contribution in [0.3, 0.4) is 0 Å². The predicted molar refractivity (Wildman–Crippen MR) is 164 cm³/mol. The van der Waals surface area contributed by atoms with Crippen LogP contribution < -0.4 is 21.3 Å². The first-order valence-corrected chi connectivity index (χ1v) is 14.0. The van der Waals surface area contributed by atoms with Crippen molar-refractivity contribution in [1.82, 2.24) is 0 Å². The van der Waals surface area contributed by atoms with Gasteiger partial charge in [0, 0.05) is 45.7 Å². The average Bonchev–Trinajstić information content (AvgIpc) is 3.03. The van der Waals surface area contributed by atoms with Crippen LogP contribution in [0.15, 0.2) is 109 Å². The molecule has 0 saturated heterocycles. The fourth-order valence-electron chi connectivity index (χ4n) is 4.97. The molecule has 1 fully saturated rings. The Kier molecular flexibility index (Phi) is 9.03. The molecule has 0 aliphatic heterocycles. The highest BCUT2D eigenvalue weighted by Gasteiger charge is 2.30. The van der Waals surface area contributed by atoms with E-state index in [0.29, 0.717) is 59.6 Å². The maximum absolute atomic E-state index is 12.9. The standard InChI is InChI=1S/C34H32N4O4/c39-31(23-7-3-1-4-8-23)35-27-15-19-29(20-16-27)37-33(41)25-11-13-26(14-12-25)34(42)38-30-21-17-28(18-22-30)36-32(40)24-9-5-2-6-10-24/h1-10,15-22,25-26H,11-14H2,(H,35,39)(H,36,40)(H,37,41)(H,38,42). The zero-order valence-electron chi connectivity index (χ0n) is 23.0. The van der Waals surface area contributed by atoms with Crippen molar-refractivity contribution in [3.05, 3.63) is 120 Å². The number of nitrogens with one attached hydrogen (secondary N) is 4. The summed E-state index contributed by atoms with van der Waals surface area (Å²) in [5.74, 6) is -0.862. The van der Waals surface area contributed by atoms with Crippen LogP contribution in [-0.2, 0) is 9.59 Å². The van der Waals surface area contributed by atoms with Crippen molar-refractivity contribution in [2.24, 2.45) is 11.8 Å². The monoisotopic (exact) mass is 560 g/mol. The number of carbonyl (C=O) groups is 4. The third-order valence-corrected chi connectivity index (χ3v) is 7.36. The Labute approximate surface area is 244 Å². The number of amides is 4. The minimum absolute atomic E-state index is 0.0666. The second kappa shape index (κ2) is 13.4. The molecule has 8 nitrogen and oxygen atoms in total. The molecule has 4 aromatic carbocycles. The average molecular weight is 561 g/mol. The van der Waals surface area contributed by atoms with E-state index >= 15 is 0 Å². The van der Waals surface area contributed by atoms with Crippen molar-refractivity contribution in [2.45, 2.75) is 25.7 Å². The first-order valence-electron chi connectivity index (χ1n) is 14.0. The molecule has 1 saturated carbocycles. The summed E-state index contributed by atoms with van der Waals surface area (Å²) >= 11 is 0. The second-order valence-corrected chi connectivity index (χ2v) is 10.3. The molecule has 212 valence electrons. The Hall–Kier alpha value is -5.24. The van der Waals surface area contributed by atoms with E-state index in [9.17, 15) is 19.2 Å². The van der Waals surface area contributed by atoms with Crippen LogP contribution in [0.25, 0.3) is 0 Å². The lowest BCUT2D eigenvalue weighted by Crippen LogP contribution is -2.32. The van der Waals surface area contributed by atoms with Crippen molar-refractivity contribution in [3.63, 3.8) is 0 Å². The first-order chi connectivity index (χ1) is 20.4. The zero-order valence-corrected chi connectivity index (χ0v) is 23.0. The molecular formula is C34H32N4O4. The molecule has 0 heterocycles. The maximum atomic E-state index is 12.9. The third-order valence-electron chi connectivity index (χ3n) is 7.36. The molecule has 1 aliphatic rings. The van der Waals surface area contributed by atoms with Gasteiger partial charge in [0.2, 0.25) is 11.8 Å². The fourth-order valence-corrected chi connectivity index (χ4v) is 4.97. The molecule has 4 aromatic rings. The quantitative estimate of drug-likeness (QED) is 0.195. The third kappa shape index (κ3) is 7.48. The minimum atomic E-state index is -0.197. The first kappa shape index (κ1) is 28.3. The van der Waals surface area contributed by atoms with E-state index in [-0.39, 0.29) is 35.5 Å². The Bertz CT molecular complexity index is 1410. The van der Waals surface area contributed by atoms with Crippen molar-refractivity contribution in [1.29, 1.82) is 0 Å². The van der Waals surface area contributed by atoms with Crippen molar-refractivity contribution in [2.75, 3.05) is 21.3 Å². The van der Waals surface area contributed by atoms with E-state index in [4.69, 9.17) is 0 Å². The molecule has 5 rings (SSSR count). The van der Waals surface area contributed by atoms with Gasteiger partial charge in [-0.15, -0.1) is 0 Å². The molecule has 0 unspecified atom stereocenters. The van der Waals surface area contributed by atoms with Crippen LogP contribution in [0, 0.1) is 11.8 Å². The van der Waals surface area contributed by atoms with Crippen LogP contribution in [0.4, 0.5) is 22.7 Å². The summed E-state index contributed by atoms with van der Waals surface area (Å²) in [4.78, 5) is 50.4. The highest BCUT2D eigenvalue weighted by molar-refractivity contribution is 6.05. The molecule has 0 bridgehead atoms. The van der Waals surface area contributed by atoms with Crippen LogP contribution in [0.2, 0.25) is 0 Å². The molecule has 4 N–H and O–H groups in total. The van der Waals surface area contributed by atoms with Gasteiger partial charge >= 0.3 is 0 Å². The topological polar surface area (TPSA) is 116 Å². The molecule has 1 aliphatic carbocycles. The van der Waals surface area contributed by atoms with E-state index in [1.54, 1.807) is 72.8 Å². The summed E-state index contributed by atoms with van der Waals surface area (Å²) in [6.45, 7) is 0. The molecule has 8 heteroatoms. The molecular weight excluding hydrogens is 528 g/mol. The summed E-state index contributed by atoms with van der Waals surface area (Å²) in [5, 5.41) is 11.6. The lowest BCUT2D eigenvalue weighted by atomic mass is 9.81. The molecule has 0 atom stereocenters. The lowest BCUT2D eigenvalue weighted by molar-refractivity contribution is -0.125. The summed E-state index contributed by atoms with van der Waals surface area (Å²) in [6, 6.07) is 32.0. The number of rotatable bonds is 8. The Balaban J connectivity index is 1.05. The van der Waals surface area contributed by atoms with Gasteiger partial charge < -0.3 is 21.3 Å². The molecule has 42 heavy (non-hydrogen) atoms. The summed E-state index contributed by atoms with van der Waals surface area (Å²) < 4.78 is 0. The van der Waals surface area contributed by atoms with Crippen LogP contribution in [0.1, 0.15) is 46.4 Å². The van der Waals surface area contributed by atoms with E-state index < -0.39 is 0 Å². The predicted octanol–water partition coefficient (Wildman–Crippen LogP) is 6.57. The van der Waals surface area contributed by atoms with Gasteiger partial charge in [-0.3, -0.25) is 19.2 Å². The second-order valence-electron chi connectivity index (χ2n) is 10.3. The minimum Gasteiger partial charge on any atom is -0.326 e. The largest absolute Gasteiger partial charge is 0.326 e. The molecule has 4 amide bonds. The Morgan fingerprint density at radius 3 is 1.00 bits per heavy atom. The molecule has 0 radical (unpaired) electrons. The normalized spacial score (nSPS) is 16.1. The molecule has 0 aromatic heterocycles. The van der Waals surface area contributed by atoms with Gasteiger partial charge in [0.05, 0.1) is 0 Å². The molecule has 0 spiro atoms. The highest BCUT2D eigenvalue weighted by Crippen LogP contribution is 2.31. The number of anilines is 4. The Morgan fingerprint density at radius 1 is 0.405 bits per heavy atom. The number of hydrogen-bond acceptors (Lipinski definition) is 4. The number of hydrogen-bond donors (Lipinski definition) is 4.